The van der Waals surface area contributed by atoms with E-state index < -0.39 is 4.87 Å². The summed E-state index contributed by atoms with van der Waals surface area (Å²) in [5, 5.41) is 9.38. The number of hydrogen-bond acceptors (Lipinski definition) is 3. The Labute approximate surface area is 98.0 Å². The summed E-state index contributed by atoms with van der Waals surface area (Å²) in [5.74, 6) is 0.0743. The molecule has 2 aliphatic rings. The Kier molecular flexibility index (Phi) is 1.98. The van der Waals surface area contributed by atoms with Gasteiger partial charge in [0, 0.05) is 11.3 Å². The number of fused-ring (bicyclic) bond motifs is 3. The first kappa shape index (κ1) is 9.73. The molecule has 80 valence electrons. The molecular weight excluding hydrogens is 220 g/mol. The Morgan fingerprint density at radius 2 is 2.25 bits per heavy atom. The van der Waals surface area contributed by atoms with Crippen molar-refractivity contribution < 1.29 is 4.79 Å². The third-order valence-electron chi connectivity index (χ3n) is 3.08. The number of nitrogens with zero attached hydrogens (tertiary/aromatic N) is 2. The van der Waals surface area contributed by atoms with E-state index in [-0.39, 0.29) is 5.91 Å². The average molecular weight is 230 g/mol. The van der Waals surface area contributed by atoms with E-state index in [0.717, 1.165) is 23.4 Å². The zero-order chi connectivity index (χ0) is 11.2. The first-order valence-corrected chi connectivity index (χ1v) is 6.11. The highest BCUT2D eigenvalue weighted by atomic mass is 32.2. The van der Waals surface area contributed by atoms with Crippen LogP contribution in [0.2, 0.25) is 0 Å². The zero-order valence-corrected chi connectivity index (χ0v) is 9.46. The number of benzene rings is 1. The van der Waals surface area contributed by atoms with Gasteiger partial charge in [-0.25, -0.2) is 0 Å². The van der Waals surface area contributed by atoms with Gasteiger partial charge in [-0.1, -0.05) is 23.9 Å². The van der Waals surface area contributed by atoms with Crippen LogP contribution >= 0.6 is 11.8 Å². The van der Waals surface area contributed by atoms with Gasteiger partial charge in [-0.05, 0) is 25.0 Å². The van der Waals surface area contributed by atoms with Gasteiger partial charge in [-0.2, -0.15) is 5.26 Å². The molecule has 4 heteroatoms. The number of hydrogen-bond donors (Lipinski definition) is 0. The highest BCUT2D eigenvalue weighted by Gasteiger charge is 2.50. The van der Waals surface area contributed by atoms with Gasteiger partial charge in [0.15, 0.2) is 4.87 Å². The summed E-state index contributed by atoms with van der Waals surface area (Å²) in [6, 6.07) is 10.1. The van der Waals surface area contributed by atoms with Crippen LogP contribution in [0.15, 0.2) is 29.2 Å². The fourth-order valence-corrected chi connectivity index (χ4v) is 3.73. The number of nitriles is 1. The van der Waals surface area contributed by atoms with Gasteiger partial charge in [0.2, 0.25) is 5.91 Å². The molecule has 3 nitrogen and oxygen atoms in total. The lowest BCUT2D eigenvalue weighted by molar-refractivity contribution is -0.120. The van der Waals surface area contributed by atoms with Crippen molar-refractivity contribution in [3.05, 3.63) is 24.3 Å². The average Bonchev–Trinajstić information content (AvgIpc) is 2.65. The summed E-state index contributed by atoms with van der Waals surface area (Å²) in [6.45, 7) is 0. The maximum atomic E-state index is 12.0. The summed E-state index contributed by atoms with van der Waals surface area (Å²) in [5.41, 5.74) is 0.902. The second-order valence-corrected chi connectivity index (χ2v) is 5.37. The molecule has 1 atom stereocenters. The summed E-state index contributed by atoms with van der Waals surface area (Å²) in [4.78, 5) is 14.0. The van der Waals surface area contributed by atoms with E-state index in [9.17, 15) is 10.1 Å². The monoisotopic (exact) mass is 230 g/mol. The number of carbonyl (C=O) groups excluding carboxylic acids is 1. The lowest BCUT2D eigenvalue weighted by atomic mass is 10.0. The predicted octanol–water partition coefficient (Wildman–Crippen LogP) is 2.53. The topological polar surface area (TPSA) is 44.1 Å². The molecule has 0 saturated carbocycles. The van der Waals surface area contributed by atoms with Crippen LogP contribution in [-0.4, -0.2) is 10.8 Å². The van der Waals surface area contributed by atoms with E-state index in [1.54, 1.807) is 4.90 Å². The molecule has 1 aromatic rings. The largest absolute Gasteiger partial charge is 0.283 e. The van der Waals surface area contributed by atoms with Crippen molar-refractivity contribution in [3.8, 4) is 6.07 Å². The lowest BCUT2D eigenvalue weighted by Crippen LogP contribution is -2.49. The maximum Gasteiger partial charge on any atom is 0.229 e. The van der Waals surface area contributed by atoms with Gasteiger partial charge in [0.25, 0.3) is 0 Å². The van der Waals surface area contributed by atoms with Gasteiger partial charge in [-0.15, -0.1) is 0 Å². The molecule has 0 aromatic heterocycles. The number of piperidine rings is 1. The smallest absolute Gasteiger partial charge is 0.229 e. The number of thioether (sulfide) groups is 1. The summed E-state index contributed by atoms with van der Waals surface area (Å²) in [6.07, 6.45) is 2.12. The molecule has 0 spiro atoms. The molecular formula is C12H10N2OS. The minimum atomic E-state index is -0.682. The minimum Gasteiger partial charge on any atom is -0.283 e. The van der Waals surface area contributed by atoms with Crippen LogP contribution in [0.5, 0.6) is 0 Å². The molecule has 16 heavy (non-hydrogen) atoms. The number of para-hydroxylation sites is 1. The first-order chi connectivity index (χ1) is 7.77. The molecule has 1 saturated heterocycles. The summed E-state index contributed by atoms with van der Waals surface area (Å²) >= 11 is 1.52. The second-order valence-electron chi connectivity index (χ2n) is 4.05. The zero-order valence-electron chi connectivity index (χ0n) is 8.64. The Morgan fingerprint density at radius 1 is 1.44 bits per heavy atom. The van der Waals surface area contributed by atoms with Crippen molar-refractivity contribution >= 4 is 23.4 Å². The van der Waals surface area contributed by atoms with E-state index in [1.165, 1.54) is 11.8 Å². The van der Waals surface area contributed by atoms with Crippen molar-refractivity contribution in [2.75, 3.05) is 4.90 Å². The molecule has 2 heterocycles. The van der Waals surface area contributed by atoms with Crippen LogP contribution < -0.4 is 4.90 Å². The second kappa shape index (κ2) is 3.26. The number of anilines is 1. The summed E-state index contributed by atoms with van der Waals surface area (Å²) in [7, 11) is 0. The molecule has 3 rings (SSSR count). The van der Waals surface area contributed by atoms with Crippen molar-refractivity contribution in [3.63, 3.8) is 0 Å². The molecule has 1 aromatic carbocycles. The molecule has 1 unspecified atom stereocenters. The van der Waals surface area contributed by atoms with Crippen LogP contribution in [0, 0.1) is 11.3 Å². The fourth-order valence-electron chi connectivity index (χ4n) is 2.37. The number of rotatable bonds is 0. The van der Waals surface area contributed by atoms with Gasteiger partial charge in [-0.3, -0.25) is 9.69 Å². The quantitative estimate of drug-likeness (QED) is 0.688. The molecule has 2 aliphatic heterocycles. The van der Waals surface area contributed by atoms with Gasteiger partial charge < -0.3 is 0 Å². The Bertz CT molecular complexity index is 508. The molecule has 1 amide bonds. The SMILES string of the molecule is N#CC12CCCC(=O)N1c1ccccc1S2. The molecule has 0 aliphatic carbocycles. The van der Waals surface area contributed by atoms with Gasteiger partial charge in [0.1, 0.15) is 6.07 Å². The van der Waals surface area contributed by atoms with Crippen LogP contribution in [-0.2, 0) is 4.79 Å². The first-order valence-electron chi connectivity index (χ1n) is 5.29. The molecule has 0 radical (unpaired) electrons. The van der Waals surface area contributed by atoms with E-state index in [2.05, 4.69) is 6.07 Å². The van der Waals surface area contributed by atoms with Crippen LogP contribution in [0.1, 0.15) is 19.3 Å². The highest BCUT2D eigenvalue weighted by molar-refractivity contribution is 8.01. The normalized spacial score (nSPS) is 27.2. The van der Waals surface area contributed by atoms with Crippen molar-refractivity contribution in [2.45, 2.75) is 29.0 Å². The van der Waals surface area contributed by atoms with Gasteiger partial charge in [0.05, 0.1) is 5.69 Å². The number of carbonyl (C=O) groups is 1. The van der Waals surface area contributed by atoms with E-state index in [4.69, 9.17) is 0 Å². The van der Waals surface area contributed by atoms with Crippen LogP contribution in [0.25, 0.3) is 0 Å². The molecule has 0 N–H and O–H groups in total. The third-order valence-corrected chi connectivity index (χ3v) is 4.46. The minimum absolute atomic E-state index is 0.0743. The molecule has 1 fully saturated rings. The van der Waals surface area contributed by atoms with Crippen molar-refractivity contribution in [2.24, 2.45) is 0 Å². The standard InChI is InChI=1S/C12H10N2OS/c13-8-12-7-3-6-11(15)14(12)9-4-1-2-5-10(9)16-12/h1-2,4-5H,3,6-7H2. The van der Waals surface area contributed by atoms with Crippen molar-refractivity contribution in [1.82, 2.24) is 0 Å². The summed E-state index contributed by atoms with van der Waals surface area (Å²) < 4.78 is 0. The third kappa shape index (κ3) is 1.12. The highest BCUT2D eigenvalue weighted by Crippen LogP contribution is 2.54. The van der Waals surface area contributed by atoms with Gasteiger partial charge >= 0.3 is 0 Å². The molecule has 0 bridgehead atoms. The fraction of sp³-hybridized carbons (Fsp3) is 0.333. The van der Waals surface area contributed by atoms with Crippen LogP contribution in [0.3, 0.4) is 0 Å². The maximum absolute atomic E-state index is 12.0. The lowest BCUT2D eigenvalue weighted by Gasteiger charge is -2.35. The van der Waals surface area contributed by atoms with Crippen molar-refractivity contribution in [1.29, 1.82) is 5.26 Å². The van der Waals surface area contributed by atoms with Crippen LogP contribution in [0.4, 0.5) is 5.69 Å². The number of amides is 1. The van der Waals surface area contributed by atoms with E-state index in [0.29, 0.717) is 6.42 Å². The van der Waals surface area contributed by atoms with E-state index >= 15 is 0 Å². The predicted molar refractivity (Wildman–Crippen MR) is 62.0 cm³/mol. The van der Waals surface area contributed by atoms with E-state index in [1.807, 2.05) is 24.3 Å². The Balaban J connectivity index is 2.17. The Morgan fingerprint density at radius 3 is 3.06 bits per heavy atom. The Hall–Kier alpha value is -1.47.